The molecule has 0 bridgehead atoms. The van der Waals surface area contributed by atoms with Gasteiger partial charge in [0.1, 0.15) is 0 Å². The molecule has 6 heteroatoms. The summed E-state index contributed by atoms with van der Waals surface area (Å²) in [6.45, 7) is 11.8. The Morgan fingerprint density at radius 1 is 1.19 bits per heavy atom. The minimum atomic E-state index is -0.505. The fourth-order valence-electron chi connectivity index (χ4n) is 2.04. The molecule has 1 N–H and O–H groups in total. The molecule has 1 aliphatic rings. The molecule has 114 valence electrons. The Hall–Kier alpha value is -1.40. The summed E-state index contributed by atoms with van der Waals surface area (Å²) in [6.07, 6.45) is 3.22. The van der Waals surface area contributed by atoms with Crippen LogP contribution < -0.4 is 10.8 Å². The highest BCUT2D eigenvalue weighted by molar-refractivity contribution is 6.62. The number of nitrogens with one attached hydrogen (secondary N) is 1. The van der Waals surface area contributed by atoms with E-state index in [1.807, 2.05) is 41.5 Å². The van der Waals surface area contributed by atoms with Crippen molar-refractivity contribution in [3.8, 4) is 0 Å². The van der Waals surface area contributed by atoms with Crippen LogP contribution in [0.15, 0.2) is 18.5 Å². The maximum Gasteiger partial charge on any atom is 0.496 e. The van der Waals surface area contributed by atoms with E-state index in [0.29, 0.717) is 5.56 Å². The lowest BCUT2D eigenvalue weighted by Crippen LogP contribution is -2.41. The van der Waals surface area contributed by atoms with Crippen LogP contribution in [0.5, 0.6) is 0 Å². The van der Waals surface area contributed by atoms with Gasteiger partial charge >= 0.3 is 7.12 Å². The Balaban J connectivity index is 2.21. The van der Waals surface area contributed by atoms with Crippen molar-refractivity contribution in [1.82, 2.24) is 10.3 Å². The molecular weight excluding hydrogens is 267 g/mol. The summed E-state index contributed by atoms with van der Waals surface area (Å²) in [5, 5.41) is 2.85. The molecule has 1 aliphatic heterocycles. The average Bonchev–Trinajstić information content (AvgIpc) is 2.58. The van der Waals surface area contributed by atoms with Crippen LogP contribution in [0, 0.1) is 0 Å². The van der Waals surface area contributed by atoms with Crippen molar-refractivity contribution in [3.05, 3.63) is 24.0 Å². The van der Waals surface area contributed by atoms with Crippen molar-refractivity contribution in [2.45, 2.75) is 58.8 Å². The van der Waals surface area contributed by atoms with Crippen molar-refractivity contribution in [3.63, 3.8) is 0 Å². The molecule has 0 spiro atoms. The third-order valence-corrected chi connectivity index (χ3v) is 3.97. The molecule has 1 amide bonds. The summed E-state index contributed by atoms with van der Waals surface area (Å²) < 4.78 is 11.9. The molecule has 1 fully saturated rings. The van der Waals surface area contributed by atoms with E-state index in [2.05, 4.69) is 10.3 Å². The van der Waals surface area contributed by atoms with Gasteiger partial charge in [0.05, 0.1) is 16.8 Å². The number of amides is 1. The van der Waals surface area contributed by atoms with Gasteiger partial charge in [-0.25, -0.2) is 0 Å². The van der Waals surface area contributed by atoms with Gasteiger partial charge in [0, 0.05) is 23.9 Å². The van der Waals surface area contributed by atoms with Crippen LogP contribution >= 0.6 is 0 Å². The monoisotopic (exact) mass is 290 g/mol. The lowest BCUT2D eigenvalue weighted by Gasteiger charge is -2.32. The maximum absolute atomic E-state index is 12.0. The molecule has 0 radical (unpaired) electrons. The Morgan fingerprint density at radius 3 is 2.29 bits per heavy atom. The standard InChI is InChI=1S/C15H23BN2O3/c1-10(2)18-13(19)11-7-12(9-17-8-11)16-20-14(3,4)15(5,6)21-16/h7-10H,1-6H3,(H,18,19). The highest BCUT2D eigenvalue weighted by Gasteiger charge is 2.51. The van der Waals surface area contributed by atoms with Gasteiger partial charge in [0.15, 0.2) is 0 Å². The number of pyridine rings is 1. The molecule has 0 atom stereocenters. The van der Waals surface area contributed by atoms with Crippen molar-refractivity contribution in [2.24, 2.45) is 0 Å². The molecule has 5 nitrogen and oxygen atoms in total. The molecule has 0 unspecified atom stereocenters. The molecule has 0 aliphatic carbocycles. The van der Waals surface area contributed by atoms with Crippen molar-refractivity contribution >= 4 is 18.5 Å². The third-order valence-electron chi connectivity index (χ3n) is 3.97. The minimum Gasteiger partial charge on any atom is -0.399 e. The first-order valence-electron chi connectivity index (χ1n) is 7.24. The number of hydrogen-bond acceptors (Lipinski definition) is 4. The van der Waals surface area contributed by atoms with Crippen LogP contribution in [-0.2, 0) is 9.31 Å². The lowest BCUT2D eigenvalue weighted by molar-refractivity contribution is 0.00578. The van der Waals surface area contributed by atoms with Crippen LogP contribution in [0.2, 0.25) is 0 Å². The number of aromatic nitrogens is 1. The largest absolute Gasteiger partial charge is 0.496 e. The van der Waals surface area contributed by atoms with E-state index in [-0.39, 0.29) is 11.9 Å². The van der Waals surface area contributed by atoms with Crippen LogP contribution in [0.25, 0.3) is 0 Å². The van der Waals surface area contributed by atoms with E-state index in [1.54, 1.807) is 18.5 Å². The Labute approximate surface area is 126 Å². The Kier molecular flexibility index (Phi) is 4.13. The number of carbonyl (C=O) groups excluding carboxylic acids is 1. The fourth-order valence-corrected chi connectivity index (χ4v) is 2.04. The SMILES string of the molecule is CC(C)NC(=O)c1cncc(B2OC(C)(C)C(C)(C)O2)c1. The Morgan fingerprint density at radius 2 is 1.76 bits per heavy atom. The van der Waals surface area contributed by atoms with E-state index in [4.69, 9.17) is 9.31 Å². The van der Waals surface area contributed by atoms with Gasteiger partial charge in [0.2, 0.25) is 0 Å². The lowest BCUT2D eigenvalue weighted by atomic mass is 9.80. The second-order valence-electron chi connectivity index (χ2n) is 6.72. The summed E-state index contributed by atoms with van der Waals surface area (Å²) in [4.78, 5) is 16.2. The van der Waals surface area contributed by atoms with Gasteiger partial charge in [-0.15, -0.1) is 0 Å². The van der Waals surface area contributed by atoms with Crippen LogP contribution in [-0.4, -0.2) is 35.3 Å². The normalized spacial score (nSPS) is 19.9. The quantitative estimate of drug-likeness (QED) is 0.857. The second-order valence-corrected chi connectivity index (χ2v) is 6.72. The smallest absolute Gasteiger partial charge is 0.399 e. The van der Waals surface area contributed by atoms with Crippen LogP contribution in [0.3, 0.4) is 0 Å². The van der Waals surface area contributed by atoms with Gasteiger partial charge in [-0.3, -0.25) is 9.78 Å². The van der Waals surface area contributed by atoms with E-state index < -0.39 is 18.3 Å². The first-order valence-corrected chi connectivity index (χ1v) is 7.24. The number of rotatable bonds is 3. The number of hydrogen-bond donors (Lipinski definition) is 1. The van der Waals surface area contributed by atoms with Crippen LogP contribution in [0.1, 0.15) is 51.9 Å². The molecule has 21 heavy (non-hydrogen) atoms. The molecule has 0 saturated carbocycles. The molecular formula is C15H23BN2O3. The van der Waals surface area contributed by atoms with Crippen molar-refractivity contribution in [2.75, 3.05) is 0 Å². The van der Waals surface area contributed by atoms with Crippen molar-refractivity contribution < 1.29 is 14.1 Å². The molecule has 1 aromatic rings. The topological polar surface area (TPSA) is 60.5 Å². The summed E-state index contributed by atoms with van der Waals surface area (Å²) in [6, 6.07) is 1.85. The van der Waals surface area contributed by atoms with Gasteiger partial charge in [-0.05, 0) is 47.6 Å². The highest BCUT2D eigenvalue weighted by Crippen LogP contribution is 2.36. The molecule has 1 saturated heterocycles. The zero-order valence-electron chi connectivity index (χ0n) is 13.6. The predicted molar refractivity (Wildman–Crippen MR) is 82.6 cm³/mol. The van der Waals surface area contributed by atoms with E-state index in [9.17, 15) is 4.79 Å². The van der Waals surface area contributed by atoms with E-state index in [1.165, 1.54) is 0 Å². The average molecular weight is 290 g/mol. The Bertz CT molecular complexity index is 527. The van der Waals surface area contributed by atoms with Gasteiger partial charge in [-0.1, -0.05) is 0 Å². The summed E-state index contributed by atoms with van der Waals surface area (Å²) >= 11 is 0. The minimum absolute atomic E-state index is 0.0815. The first-order chi connectivity index (χ1) is 9.62. The van der Waals surface area contributed by atoms with Gasteiger partial charge < -0.3 is 14.6 Å². The van der Waals surface area contributed by atoms with Gasteiger partial charge in [0.25, 0.3) is 5.91 Å². The summed E-state index contributed by atoms with van der Waals surface area (Å²) in [5.74, 6) is -0.143. The molecule has 1 aromatic heterocycles. The van der Waals surface area contributed by atoms with E-state index in [0.717, 1.165) is 5.46 Å². The summed E-state index contributed by atoms with van der Waals surface area (Å²) in [7, 11) is -0.505. The zero-order valence-corrected chi connectivity index (χ0v) is 13.6. The third kappa shape index (κ3) is 3.27. The predicted octanol–water partition coefficient (Wildman–Crippen LogP) is 1.52. The number of nitrogens with zero attached hydrogens (tertiary/aromatic N) is 1. The van der Waals surface area contributed by atoms with Crippen LogP contribution in [0.4, 0.5) is 0 Å². The highest BCUT2D eigenvalue weighted by atomic mass is 16.7. The molecule has 2 rings (SSSR count). The van der Waals surface area contributed by atoms with Crippen molar-refractivity contribution in [1.29, 1.82) is 0 Å². The molecule has 2 heterocycles. The first kappa shape index (κ1) is 16.0. The maximum atomic E-state index is 12.0. The molecule has 0 aromatic carbocycles. The zero-order chi connectivity index (χ0) is 15.8. The van der Waals surface area contributed by atoms with Gasteiger partial charge in [-0.2, -0.15) is 0 Å². The summed E-state index contributed by atoms with van der Waals surface area (Å²) in [5.41, 5.74) is 0.447. The number of carbonyl (C=O) groups is 1. The fraction of sp³-hybridized carbons (Fsp3) is 0.600. The van der Waals surface area contributed by atoms with E-state index >= 15 is 0 Å². The second kappa shape index (κ2) is 5.42.